The Hall–Kier alpha value is -4.30. The second-order valence-corrected chi connectivity index (χ2v) is 10.9. The number of benzene rings is 3. The molecule has 3 amide bonds. The van der Waals surface area contributed by atoms with Crippen LogP contribution in [0.1, 0.15) is 42.5 Å². The largest absolute Gasteiger partial charge is 0.361 e. The smallest absolute Gasteiger partial charge is 0.243 e. The number of amides is 3. The van der Waals surface area contributed by atoms with Crippen molar-refractivity contribution in [2.75, 3.05) is 13.2 Å². The molecular formula is C34H39N3O5. The molecule has 0 saturated carbocycles. The molecule has 0 aliphatic carbocycles. The van der Waals surface area contributed by atoms with Gasteiger partial charge < -0.3 is 20.7 Å². The monoisotopic (exact) mass is 569 g/mol. The van der Waals surface area contributed by atoms with Crippen molar-refractivity contribution >= 4 is 23.5 Å². The Kier molecular flexibility index (Phi) is 10.6. The van der Waals surface area contributed by atoms with Crippen LogP contribution in [-0.2, 0) is 49.6 Å². The van der Waals surface area contributed by atoms with E-state index < -0.39 is 29.5 Å². The number of nitrogens with one attached hydrogen (secondary N) is 3. The van der Waals surface area contributed by atoms with Crippen LogP contribution in [0, 0.1) is 0 Å². The summed E-state index contributed by atoms with van der Waals surface area (Å²) in [5.41, 5.74) is 3.07. The Morgan fingerprint density at radius 2 is 1.33 bits per heavy atom. The van der Waals surface area contributed by atoms with E-state index in [1.807, 2.05) is 84.9 Å². The van der Waals surface area contributed by atoms with Crippen molar-refractivity contribution in [3.63, 3.8) is 0 Å². The number of carbonyl (C=O) groups excluding carboxylic acids is 4. The molecule has 0 radical (unpaired) electrons. The van der Waals surface area contributed by atoms with E-state index in [2.05, 4.69) is 22.9 Å². The van der Waals surface area contributed by atoms with Crippen LogP contribution in [0.2, 0.25) is 0 Å². The van der Waals surface area contributed by atoms with Gasteiger partial charge in [0.05, 0.1) is 25.6 Å². The zero-order valence-electron chi connectivity index (χ0n) is 24.2. The number of Topliss-reactive ketones (excluding diaryl/α,β-unsaturated/α-hetero) is 1. The first kappa shape index (κ1) is 30.7. The van der Waals surface area contributed by atoms with Crippen molar-refractivity contribution in [1.82, 2.24) is 16.0 Å². The van der Waals surface area contributed by atoms with Gasteiger partial charge in [-0.25, -0.2) is 0 Å². The fourth-order valence-electron chi connectivity index (χ4n) is 4.76. The molecule has 8 nitrogen and oxygen atoms in total. The lowest BCUT2D eigenvalue weighted by Gasteiger charge is -2.21. The van der Waals surface area contributed by atoms with Crippen molar-refractivity contribution in [2.45, 2.75) is 63.6 Å². The van der Waals surface area contributed by atoms with Crippen LogP contribution in [0.3, 0.4) is 0 Å². The highest BCUT2D eigenvalue weighted by Crippen LogP contribution is 2.29. The predicted molar refractivity (Wildman–Crippen MR) is 161 cm³/mol. The Morgan fingerprint density at radius 1 is 0.762 bits per heavy atom. The fraction of sp³-hybridized carbons (Fsp3) is 0.353. The first-order valence-electron chi connectivity index (χ1n) is 14.5. The molecule has 0 bridgehead atoms. The second-order valence-electron chi connectivity index (χ2n) is 10.9. The Balaban J connectivity index is 1.36. The van der Waals surface area contributed by atoms with E-state index >= 15 is 0 Å². The number of hydrogen-bond donors (Lipinski definition) is 3. The Labute approximate surface area is 247 Å². The van der Waals surface area contributed by atoms with Crippen LogP contribution in [-0.4, -0.2) is 54.3 Å². The van der Waals surface area contributed by atoms with Crippen molar-refractivity contribution in [2.24, 2.45) is 0 Å². The zero-order chi connectivity index (χ0) is 30.0. The Morgan fingerprint density at radius 3 is 1.93 bits per heavy atom. The molecule has 3 aromatic carbocycles. The van der Waals surface area contributed by atoms with E-state index in [-0.39, 0.29) is 24.7 Å². The molecule has 1 aliphatic rings. The number of aryl methyl sites for hydroxylation is 2. The minimum Gasteiger partial charge on any atom is -0.361 e. The lowest BCUT2D eigenvalue weighted by atomic mass is 9.95. The third-order valence-corrected chi connectivity index (χ3v) is 7.47. The summed E-state index contributed by atoms with van der Waals surface area (Å²) in [6.07, 6.45) is 2.30. The summed E-state index contributed by atoms with van der Waals surface area (Å²) in [6, 6.07) is 25.3. The van der Waals surface area contributed by atoms with Crippen LogP contribution < -0.4 is 16.0 Å². The number of rotatable bonds is 15. The maximum atomic E-state index is 13.2. The van der Waals surface area contributed by atoms with Gasteiger partial charge in [0.15, 0.2) is 5.78 Å². The zero-order valence-corrected chi connectivity index (χ0v) is 24.2. The molecule has 0 aromatic heterocycles. The van der Waals surface area contributed by atoms with E-state index in [1.165, 1.54) is 5.56 Å². The van der Waals surface area contributed by atoms with Gasteiger partial charge in [0.2, 0.25) is 17.7 Å². The topological polar surface area (TPSA) is 117 Å². The molecular weight excluding hydrogens is 530 g/mol. The molecule has 3 atom stereocenters. The van der Waals surface area contributed by atoms with Gasteiger partial charge in [0, 0.05) is 0 Å². The van der Waals surface area contributed by atoms with E-state index in [1.54, 1.807) is 6.92 Å². The van der Waals surface area contributed by atoms with E-state index in [0.29, 0.717) is 25.9 Å². The lowest BCUT2D eigenvalue weighted by molar-refractivity contribution is -0.132. The standard InChI is InChI=1S/C34H39N3O5/c1-3-24-14-16-27(17-15-24)21-30(38)36-28(19-18-25-10-6-4-7-11-25)33(41)35-22-31(39)37-29(32(40)34(2)23-42-34)20-26-12-8-5-9-13-26/h4-17,28-29H,3,18-23H2,1-2H3,(H,35,41)(H,36,38)(H,37,39)/t28-,29-,34+/m0/s1. The van der Waals surface area contributed by atoms with Crippen molar-refractivity contribution < 1.29 is 23.9 Å². The number of epoxide rings is 1. The molecule has 8 heteroatoms. The highest BCUT2D eigenvalue weighted by Gasteiger charge is 2.50. The number of carbonyl (C=O) groups is 4. The van der Waals surface area contributed by atoms with E-state index in [4.69, 9.17) is 4.74 Å². The van der Waals surface area contributed by atoms with E-state index in [0.717, 1.165) is 23.1 Å². The van der Waals surface area contributed by atoms with E-state index in [9.17, 15) is 19.2 Å². The molecule has 1 aliphatic heterocycles. The third kappa shape index (κ3) is 9.11. The first-order valence-corrected chi connectivity index (χ1v) is 14.5. The number of ketones is 1. The summed E-state index contributed by atoms with van der Waals surface area (Å²) >= 11 is 0. The van der Waals surface area contributed by atoms with Gasteiger partial charge in [0.25, 0.3) is 0 Å². The van der Waals surface area contributed by atoms with Gasteiger partial charge in [-0.15, -0.1) is 0 Å². The number of hydrogen-bond acceptors (Lipinski definition) is 5. The third-order valence-electron chi connectivity index (χ3n) is 7.47. The fourth-order valence-corrected chi connectivity index (χ4v) is 4.76. The van der Waals surface area contributed by atoms with Gasteiger partial charge in [-0.05, 0) is 54.9 Å². The quantitative estimate of drug-likeness (QED) is 0.243. The molecule has 42 heavy (non-hydrogen) atoms. The molecule has 1 fully saturated rings. The van der Waals surface area contributed by atoms with Crippen LogP contribution in [0.15, 0.2) is 84.9 Å². The highest BCUT2D eigenvalue weighted by atomic mass is 16.6. The average Bonchev–Trinajstić information content (AvgIpc) is 3.77. The SMILES string of the molecule is CCc1ccc(CC(=O)N[C@@H](CCc2ccccc2)C(=O)NCC(=O)N[C@@H](Cc2ccccc2)C(=O)[C@@]2(C)CO2)cc1. The Bertz CT molecular complexity index is 1350. The number of ether oxygens (including phenoxy) is 1. The van der Waals surface area contributed by atoms with Crippen molar-refractivity contribution in [3.05, 3.63) is 107 Å². The van der Waals surface area contributed by atoms with Crippen LogP contribution in [0.25, 0.3) is 0 Å². The maximum Gasteiger partial charge on any atom is 0.243 e. The average molecular weight is 570 g/mol. The van der Waals surface area contributed by atoms with Gasteiger partial charge in [0.1, 0.15) is 11.6 Å². The highest BCUT2D eigenvalue weighted by molar-refractivity contribution is 5.97. The van der Waals surface area contributed by atoms with Crippen molar-refractivity contribution in [1.29, 1.82) is 0 Å². The lowest BCUT2D eigenvalue weighted by Crippen LogP contribution is -2.52. The summed E-state index contributed by atoms with van der Waals surface area (Å²) in [5.74, 6) is -1.43. The van der Waals surface area contributed by atoms with Gasteiger partial charge in [-0.2, -0.15) is 0 Å². The molecule has 4 rings (SSSR count). The predicted octanol–water partition coefficient (Wildman–Crippen LogP) is 3.11. The van der Waals surface area contributed by atoms with Crippen LogP contribution in [0.5, 0.6) is 0 Å². The second kappa shape index (κ2) is 14.5. The first-order chi connectivity index (χ1) is 20.3. The summed E-state index contributed by atoms with van der Waals surface area (Å²) in [4.78, 5) is 52.1. The summed E-state index contributed by atoms with van der Waals surface area (Å²) < 4.78 is 5.33. The molecule has 3 aromatic rings. The summed E-state index contributed by atoms with van der Waals surface area (Å²) in [7, 11) is 0. The normalized spacial score (nSPS) is 17.0. The van der Waals surface area contributed by atoms with Crippen LogP contribution >= 0.6 is 0 Å². The maximum absolute atomic E-state index is 13.2. The molecule has 1 saturated heterocycles. The molecule has 1 heterocycles. The molecule has 220 valence electrons. The van der Waals surface area contributed by atoms with Gasteiger partial charge >= 0.3 is 0 Å². The molecule has 3 N–H and O–H groups in total. The summed E-state index contributed by atoms with van der Waals surface area (Å²) in [6.45, 7) is 3.76. The van der Waals surface area contributed by atoms with Crippen LogP contribution in [0.4, 0.5) is 0 Å². The minimum atomic E-state index is -0.903. The van der Waals surface area contributed by atoms with Gasteiger partial charge in [-0.1, -0.05) is 91.9 Å². The van der Waals surface area contributed by atoms with Gasteiger partial charge in [-0.3, -0.25) is 19.2 Å². The minimum absolute atomic E-state index is 0.143. The van der Waals surface area contributed by atoms with Crippen molar-refractivity contribution in [3.8, 4) is 0 Å². The molecule has 0 spiro atoms. The summed E-state index contributed by atoms with van der Waals surface area (Å²) in [5, 5.41) is 8.29. The molecule has 0 unspecified atom stereocenters.